The average Bonchev–Trinajstić information content (AvgIpc) is 3.06. The number of benzene rings is 2. The second-order valence-electron chi connectivity index (χ2n) is 7.15. The Balaban J connectivity index is 2.13. The van der Waals surface area contributed by atoms with E-state index < -0.39 is 47.8 Å². The van der Waals surface area contributed by atoms with E-state index in [9.17, 15) is 31.9 Å². The third kappa shape index (κ3) is 4.30. The Morgan fingerprint density at radius 3 is 2.24 bits per heavy atom. The Labute approximate surface area is 186 Å². The quantitative estimate of drug-likeness (QED) is 0.523. The van der Waals surface area contributed by atoms with Crippen LogP contribution in [0, 0.1) is 11.7 Å². The summed E-state index contributed by atoms with van der Waals surface area (Å²) in [6, 6.07) is 11.3. The molecule has 0 saturated carbocycles. The van der Waals surface area contributed by atoms with Crippen LogP contribution in [0.5, 0.6) is 0 Å². The van der Waals surface area contributed by atoms with Gasteiger partial charge in [0, 0.05) is 5.56 Å². The van der Waals surface area contributed by atoms with Gasteiger partial charge in [-0.05, 0) is 50.2 Å². The molecule has 0 aromatic heterocycles. The molecule has 0 aliphatic carbocycles. The Bertz CT molecular complexity index is 1090. The monoisotopic (exact) mass is 465 g/mol. The standard InChI is InChI=1S/C22H19F4N3O4/c1-3-33-20(32)21(22(24,25)26,27-18(30)14-9-11-15(23)12-10-14)17-13(2)28-29(19(17)31)16-7-5-4-6-8-16/h4-12,17H,3H2,1-2H3,(H,27,30)/t17-,21+/m1/s1. The first kappa shape index (κ1) is 23.9. The molecule has 0 spiro atoms. The molecule has 1 aliphatic heterocycles. The molecule has 7 nitrogen and oxygen atoms in total. The van der Waals surface area contributed by atoms with Gasteiger partial charge in [-0.15, -0.1) is 0 Å². The molecule has 2 aromatic rings. The number of rotatable bonds is 6. The molecule has 0 fully saturated rings. The first-order valence-electron chi connectivity index (χ1n) is 9.79. The van der Waals surface area contributed by atoms with Crippen LogP contribution in [0.1, 0.15) is 24.2 Å². The van der Waals surface area contributed by atoms with Gasteiger partial charge in [0.25, 0.3) is 17.4 Å². The summed E-state index contributed by atoms with van der Waals surface area (Å²) in [7, 11) is 0. The number of para-hydroxylation sites is 1. The van der Waals surface area contributed by atoms with Gasteiger partial charge in [0.05, 0.1) is 18.0 Å². The predicted molar refractivity (Wildman–Crippen MR) is 110 cm³/mol. The highest BCUT2D eigenvalue weighted by Gasteiger charge is 2.71. The largest absolute Gasteiger partial charge is 0.464 e. The average molecular weight is 465 g/mol. The lowest BCUT2D eigenvalue weighted by Crippen LogP contribution is -2.71. The highest BCUT2D eigenvalue weighted by atomic mass is 19.4. The molecule has 1 N–H and O–H groups in total. The number of carbonyl (C=O) groups excluding carboxylic acids is 3. The lowest BCUT2D eigenvalue weighted by molar-refractivity contribution is -0.217. The smallest absolute Gasteiger partial charge is 0.423 e. The lowest BCUT2D eigenvalue weighted by Gasteiger charge is -2.37. The number of hydrogen-bond donors (Lipinski definition) is 1. The molecule has 3 rings (SSSR count). The molecular weight excluding hydrogens is 446 g/mol. The van der Waals surface area contributed by atoms with E-state index in [0.717, 1.165) is 36.2 Å². The first-order chi connectivity index (χ1) is 15.5. The summed E-state index contributed by atoms with van der Waals surface area (Å²) < 4.78 is 61.7. The summed E-state index contributed by atoms with van der Waals surface area (Å²) in [6.07, 6.45) is -5.46. The van der Waals surface area contributed by atoms with Crippen LogP contribution in [-0.4, -0.2) is 41.8 Å². The number of alkyl halides is 3. The van der Waals surface area contributed by atoms with Gasteiger partial charge in [-0.25, -0.2) is 14.2 Å². The van der Waals surface area contributed by atoms with Crippen molar-refractivity contribution in [3.8, 4) is 0 Å². The molecule has 2 atom stereocenters. The number of carbonyl (C=O) groups is 3. The first-order valence-corrected chi connectivity index (χ1v) is 9.79. The maximum atomic E-state index is 14.6. The molecule has 0 bridgehead atoms. The van der Waals surface area contributed by atoms with Crippen molar-refractivity contribution < 1.29 is 36.7 Å². The SMILES string of the molecule is CCOC(=O)[C@@](NC(=O)c1ccc(F)cc1)([C@H]1C(=O)N(c2ccccc2)N=C1C)C(F)(F)F. The van der Waals surface area contributed by atoms with E-state index in [0.29, 0.717) is 0 Å². The van der Waals surface area contributed by atoms with E-state index in [1.54, 1.807) is 23.5 Å². The Morgan fingerprint density at radius 2 is 1.70 bits per heavy atom. The van der Waals surface area contributed by atoms with Gasteiger partial charge in [0.2, 0.25) is 0 Å². The number of hydrazone groups is 1. The molecule has 0 radical (unpaired) electrons. The van der Waals surface area contributed by atoms with Gasteiger partial charge in [-0.3, -0.25) is 9.59 Å². The maximum absolute atomic E-state index is 14.6. The van der Waals surface area contributed by atoms with Crippen LogP contribution in [-0.2, 0) is 14.3 Å². The highest BCUT2D eigenvalue weighted by Crippen LogP contribution is 2.42. The summed E-state index contributed by atoms with van der Waals surface area (Å²) in [5.74, 6) is -7.34. The van der Waals surface area contributed by atoms with E-state index in [-0.39, 0.29) is 17.0 Å². The van der Waals surface area contributed by atoms with Crippen molar-refractivity contribution in [1.29, 1.82) is 0 Å². The van der Waals surface area contributed by atoms with Crippen LogP contribution in [0.25, 0.3) is 0 Å². The molecule has 1 aliphatic rings. The molecule has 2 aromatic carbocycles. The Morgan fingerprint density at radius 1 is 1.09 bits per heavy atom. The number of amides is 2. The summed E-state index contributed by atoms with van der Waals surface area (Å²) >= 11 is 0. The van der Waals surface area contributed by atoms with Crippen LogP contribution in [0.4, 0.5) is 23.2 Å². The Kier molecular flexibility index (Phi) is 6.52. The molecule has 11 heteroatoms. The second-order valence-corrected chi connectivity index (χ2v) is 7.15. The zero-order chi connectivity index (χ0) is 24.4. The summed E-state index contributed by atoms with van der Waals surface area (Å²) in [6.45, 7) is 1.99. The van der Waals surface area contributed by atoms with Crippen LogP contribution in [0.15, 0.2) is 59.7 Å². The fraction of sp³-hybridized carbons (Fsp3) is 0.273. The van der Waals surface area contributed by atoms with Gasteiger partial charge in [0.1, 0.15) is 11.7 Å². The van der Waals surface area contributed by atoms with Gasteiger partial charge in [-0.1, -0.05) is 18.2 Å². The van der Waals surface area contributed by atoms with Crippen molar-refractivity contribution in [1.82, 2.24) is 5.32 Å². The summed E-state index contributed by atoms with van der Waals surface area (Å²) in [5, 5.41) is 6.34. The lowest BCUT2D eigenvalue weighted by atomic mass is 9.79. The highest BCUT2D eigenvalue weighted by molar-refractivity contribution is 6.19. The fourth-order valence-corrected chi connectivity index (χ4v) is 3.51. The van der Waals surface area contributed by atoms with Crippen LogP contribution in [0.2, 0.25) is 0 Å². The minimum Gasteiger partial charge on any atom is -0.464 e. The molecule has 33 heavy (non-hydrogen) atoms. The number of ether oxygens (including phenoxy) is 1. The van der Waals surface area contributed by atoms with Gasteiger partial charge in [0.15, 0.2) is 0 Å². The van der Waals surface area contributed by atoms with E-state index in [1.165, 1.54) is 19.1 Å². The predicted octanol–water partition coefficient (Wildman–Crippen LogP) is 3.46. The Hall–Kier alpha value is -3.76. The van der Waals surface area contributed by atoms with Crippen LogP contribution < -0.4 is 10.3 Å². The summed E-state index contributed by atoms with van der Waals surface area (Å²) in [4.78, 5) is 38.7. The maximum Gasteiger partial charge on any atom is 0.423 e. The molecule has 174 valence electrons. The van der Waals surface area contributed by atoms with Crippen LogP contribution in [0.3, 0.4) is 0 Å². The normalized spacial score (nSPS) is 17.9. The fourth-order valence-electron chi connectivity index (χ4n) is 3.51. The summed E-state index contributed by atoms with van der Waals surface area (Å²) in [5.41, 5.74) is -4.31. The minimum absolute atomic E-state index is 0.175. The number of hydrogen-bond acceptors (Lipinski definition) is 5. The van der Waals surface area contributed by atoms with E-state index in [2.05, 4.69) is 9.84 Å². The van der Waals surface area contributed by atoms with Crippen LogP contribution >= 0.6 is 0 Å². The zero-order valence-electron chi connectivity index (χ0n) is 17.5. The van der Waals surface area contributed by atoms with Crippen molar-refractivity contribution in [3.05, 3.63) is 66.0 Å². The van der Waals surface area contributed by atoms with E-state index >= 15 is 0 Å². The van der Waals surface area contributed by atoms with Crippen molar-refractivity contribution >= 4 is 29.2 Å². The third-order valence-corrected chi connectivity index (χ3v) is 5.03. The molecule has 0 unspecified atom stereocenters. The number of halogens is 4. The van der Waals surface area contributed by atoms with E-state index in [1.807, 2.05) is 0 Å². The molecular formula is C22H19F4N3O4. The molecule has 1 heterocycles. The number of nitrogens with one attached hydrogen (secondary N) is 1. The van der Waals surface area contributed by atoms with E-state index in [4.69, 9.17) is 0 Å². The number of esters is 1. The van der Waals surface area contributed by atoms with Gasteiger partial charge >= 0.3 is 12.1 Å². The van der Waals surface area contributed by atoms with Crippen molar-refractivity contribution in [3.63, 3.8) is 0 Å². The van der Waals surface area contributed by atoms with Gasteiger partial charge < -0.3 is 10.1 Å². The van der Waals surface area contributed by atoms with Gasteiger partial charge in [-0.2, -0.15) is 18.3 Å². The number of nitrogens with zero attached hydrogens (tertiary/aromatic N) is 2. The molecule has 2 amide bonds. The van der Waals surface area contributed by atoms with Crippen molar-refractivity contribution in [2.45, 2.75) is 25.6 Å². The van der Waals surface area contributed by atoms with Crippen molar-refractivity contribution in [2.75, 3.05) is 11.6 Å². The zero-order valence-corrected chi connectivity index (χ0v) is 17.5. The second kappa shape index (κ2) is 9.00. The van der Waals surface area contributed by atoms with Crippen molar-refractivity contribution in [2.24, 2.45) is 11.0 Å². The molecule has 0 saturated heterocycles. The minimum atomic E-state index is -5.46. The number of anilines is 1. The third-order valence-electron chi connectivity index (χ3n) is 5.03. The topological polar surface area (TPSA) is 88.1 Å².